The molecule has 0 saturated heterocycles. The van der Waals surface area contributed by atoms with Crippen LogP contribution in [0.1, 0.15) is 16.7 Å². The Bertz CT molecular complexity index is 537. The van der Waals surface area contributed by atoms with Crippen LogP contribution in [0.4, 0.5) is 0 Å². The first-order valence-corrected chi connectivity index (χ1v) is 7.62. The zero-order valence-corrected chi connectivity index (χ0v) is 13.0. The monoisotopic (exact) mass is 346 g/mol. The van der Waals surface area contributed by atoms with Crippen LogP contribution in [0, 0.1) is 0 Å². The second-order valence-electron chi connectivity index (χ2n) is 3.45. The standard InChI is InChI=1S/C11H11BrN2O2S2/c1-3-9-6(12)4-10(17-9)7-5-8(11(15)16-2)14-18-13-7/h4-5,14H,3H2,1-2H3. The quantitative estimate of drug-likeness (QED) is 0.674. The second kappa shape index (κ2) is 5.90. The van der Waals surface area contributed by atoms with Gasteiger partial charge in [-0.1, -0.05) is 6.92 Å². The first-order chi connectivity index (χ1) is 8.65. The predicted molar refractivity (Wildman–Crippen MR) is 78.8 cm³/mol. The minimum absolute atomic E-state index is 0.388. The van der Waals surface area contributed by atoms with Crippen LogP contribution in [0.2, 0.25) is 0 Å². The molecule has 0 spiro atoms. The summed E-state index contributed by atoms with van der Waals surface area (Å²) in [6, 6.07) is 2.03. The zero-order chi connectivity index (χ0) is 13.1. The molecule has 18 heavy (non-hydrogen) atoms. The topological polar surface area (TPSA) is 50.7 Å². The lowest BCUT2D eigenvalue weighted by atomic mass is 10.2. The van der Waals surface area contributed by atoms with E-state index in [1.807, 2.05) is 6.07 Å². The third kappa shape index (κ3) is 2.78. The first kappa shape index (κ1) is 13.6. The van der Waals surface area contributed by atoms with Crippen molar-refractivity contribution in [1.29, 1.82) is 0 Å². The molecule has 0 atom stereocenters. The van der Waals surface area contributed by atoms with E-state index in [9.17, 15) is 4.79 Å². The fourth-order valence-electron chi connectivity index (χ4n) is 1.41. The number of hydrogen-bond donors (Lipinski definition) is 1. The molecule has 1 aromatic heterocycles. The highest BCUT2D eigenvalue weighted by Crippen LogP contribution is 2.30. The molecule has 1 aromatic rings. The summed E-state index contributed by atoms with van der Waals surface area (Å²) >= 11 is 6.33. The number of allylic oxidation sites excluding steroid dienone is 1. The maximum absolute atomic E-state index is 11.4. The molecule has 0 aliphatic carbocycles. The Balaban J connectivity index is 2.30. The van der Waals surface area contributed by atoms with Crippen LogP contribution in [-0.2, 0) is 16.0 Å². The van der Waals surface area contributed by atoms with E-state index in [4.69, 9.17) is 0 Å². The van der Waals surface area contributed by atoms with Gasteiger partial charge in [-0.15, -0.1) is 11.3 Å². The fourth-order valence-corrected chi connectivity index (χ4v) is 3.86. The number of ether oxygens (including phenoxy) is 1. The van der Waals surface area contributed by atoms with Crippen molar-refractivity contribution in [3.05, 3.63) is 32.1 Å². The van der Waals surface area contributed by atoms with E-state index < -0.39 is 0 Å². The van der Waals surface area contributed by atoms with Crippen molar-refractivity contribution < 1.29 is 9.53 Å². The van der Waals surface area contributed by atoms with Gasteiger partial charge in [0.2, 0.25) is 0 Å². The maximum Gasteiger partial charge on any atom is 0.355 e. The lowest BCUT2D eigenvalue weighted by Crippen LogP contribution is -2.19. The lowest BCUT2D eigenvalue weighted by molar-refractivity contribution is -0.136. The minimum Gasteiger partial charge on any atom is -0.464 e. The van der Waals surface area contributed by atoms with E-state index in [-0.39, 0.29) is 5.97 Å². The minimum atomic E-state index is -0.388. The summed E-state index contributed by atoms with van der Waals surface area (Å²) in [4.78, 5) is 13.7. The number of rotatable bonds is 3. The average molecular weight is 347 g/mol. The van der Waals surface area contributed by atoms with Crippen molar-refractivity contribution in [2.45, 2.75) is 13.3 Å². The van der Waals surface area contributed by atoms with Gasteiger partial charge in [-0.3, -0.25) is 0 Å². The SMILES string of the molecule is CCc1sc(C2=NSNC(C(=O)OC)=C2)cc1Br. The van der Waals surface area contributed by atoms with Crippen LogP contribution in [0.15, 0.2) is 26.7 Å². The molecule has 0 amide bonds. The molecule has 0 unspecified atom stereocenters. The molecule has 4 nitrogen and oxygen atoms in total. The van der Waals surface area contributed by atoms with Crippen LogP contribution in [-0.4, -0.2) is 18.8 Å². The third-order valence-corrected chi connectivity index (χ3v) is 5.19. The van der Waals surface area contributed by atoms with E-state index in [0.717, 1.165) is 33.6 Å². The fraction of sp³-hybridized carbons (Fsp3) is 0.273. The van der Waals surface area contributed by atoms with Crippen molar-refractivity contribution >= 4 is 51.1 Å². The number of esters is 1. The van der Waals surface area contributed by atoms with E-state index >= 15 is 0 Å². The number of carbonyl (C=O) groups is 1. The van der Waals surface area contributed by atoms with E-state index in [1.165, 1.54) is 12.0 Å². The second-order valence-corrected chi connectivity index (χ2v) is 6.02. The van der Waals surface area contributed by atoms with Crippen LogP contribution in [0.5, 0.6) is 0 Å². The van der Waals surface area contributed by atoms with Crippen LogP contribution in [0.25, 0.3) is 0 Å². The zero-order valence-electron chi connectivity index (χ0n) is 9.82. The smallest absolute Gasteiger partial charge is 0.355 e. The first-order valence-electron chi connectivity index (χ1n) is 5.24. The normalized spacial score (nSPS) is 14.6. The van der Waals surface area contributed by atoms with Crippen molar-refractivity contribution in [3.63, 3.8) is 0 Å². The van der Waals surface area contributed by atoms with Gasteiger partial charge in [-0.25, -0.2) is 4.79 Å². The summed E-state index contributed by atoms with van der Waals surface area (Å²) in [5, 5.41) is 0. The number of halogens is 1. The van der Waals surface area contributed by atoms with Gasteiger partial charge < -0.3 is 9.46 Å². The number of nitrogens with one attached hydrogen (secondary N) is 1. The number of methoxy groups -OCH3 is 1. The molecule has 1 N–H and O–H groups in total. The molecule has 1 aliphatic heterocycles. The number of hydrogen-bond acceptors (Lipinski definition) is 6. The molecular formula is C11H11BrN2O2S2. The predicted octanol–water partition coefficient (Wildman–Crippen LogP) is 3.09. The Morgan fingerprint density at radius 3 is 3.00 bits per heavy atom. The molecule has 2 heterocycles. The Morgan fingerprint density at radius 2 is 2.39 bits per heavy atom. The van der Waals surface area contributed by atoms with Gasteiger partial charge in [0.15, 0.2) is 0 Å². The molecule has 0 radical (unpaired) electrons. The lowest BCUT2D eigenvalue weighted by Gasteiger charge is -2.11. The van der Waals surface area contributed by atoms with Gasteiger partial charge in [0.1, 0.15) is 5.70 Å². The Labute approximate surface area is 122 Å². The number of carbonyl (C=O) groups excluding carboxylic acids is 1. The highest BCUT2D eigenvalue weighted by molar-refractivity contribution is 9.10. The molecule has 0 saturated carbocycles. The number of thiophene rings is 1. The van der Waals surface area contributed by atoms with Crippen molar-refractivity contribution in [2.24, 2.45) is 4.40 Å². The Morgan fingerprint density at radius 1 is 1.61 bits per heavy atom. The number of aryl methyl sites for hydroxylation is 1. The Kier molecular flexibility index (Phi) is 4.47. The van der Waals surface area contributed by atoms with Crippen molar-refractivity contribution in [1.82, 2.24) is 4.72 Å². The van der Waals surface area contributed by atoms with Crippen LogP contribution in [0.3, 0.4) is 0 Å². The molecule has 96 valence electrons. The van der Waals surface area contributed by atoms with Gasteiger partial charge in [0, 0.05) is 9.35 Å². The summed E-state index contributed by atoms with van der Waals surface area (Å²) < 4.78 is 12.9. The molecule has 0 aromatic carbocycles. The van der Waals surface area contributed by atoms with E-state index in [0.29, 0.717) is 5.70 Å². The highest BCUT2D eigenvalue weighted by Gasteiger charge is 2.18. The molecule has 0 fully saturated rings. The van der Waals surface area contributed by atoms with Gasteiger partial charge in [0.05, 0.1) is 29.8 Å². The van der Waals surface area contributed by atoms with Crippen LogP contribution >= 0.6 is 39.4 Å². The number of nitrogens with zero attached hydrogens (tertiary/aromatic N) is 1. The molecule has 2 rings (SSSR count). The third-order valence-electron chi connectivity index (χ3n) is 2.32. The van der Waals surface area contributed by atoms with Gasteiger partial charge in [-0.2, -0.15) is 4.40 Å². The Hall–Kier alpha value is -0.790. The summed E-state index contributed by atoms with van der Waals surface area (Å²) in [5.74, 6) is -0.388. The van der Waals surface area contributed by atoms with Gasteiger partial charge in [-0.05, 0) is 34.5 Å². The molecular weight excluding hydrogens is 336 g/mol. The summed E-state index contributed by atoms with van der Waals surface area (Å²) in [6.07, 6.45) is 2.68. The molecule has 7 heteroatoms. The van der Waals surface area contributed by atoms with Crippen molar-refractivity contribution in [2.75, 3.05) is 7.11 Å². The van der Waals surface area contributed by atoms with Crippen LogP contribution < -0.4 is 4.72 Å². The molecule has 0 bridgehead atoms. The van der Waals surface area contributed by atoms with Gasteiger partial charge >= 0.3 is 5.97 Å². The maximum atomic E-state index is 11.4. The largest absolute Gasteiger partial charge is 0.464 e. The summed E-state index contributed by atoms with van der Waals surface area (Å²) in [6.45, 7) is 2.11. The van der Waals surface area contributed by atoms with Crippen molar-refractivity contribution in [3.8, 4) is 0 Å². The average Bonchev–Trinajstić information content (AvgIpc) is 2.79. The van der Waals surface area contributed by atoms with E-state index in [2.05, 4.69) is 36.7 Å². The molecule has 1 aliphatic rings. The van der Waals surface area contributed by atoms with E-state index in [1.54, 1.807) is 17.4 Å². The summed E-state index contributed by atoms with van der Waals surface area (Å²) in [5.41, 5.74) is 1.19. The van der Waals surface area contributed by atoms with Gasteiger partial charge in [0.25, 0.3) is 0 Å². The highest BCUT2D eigenvalue weighted by atomic mass is 79.9. The summed E-state index contributed by atoms with van der Waals surface area (Å²) in [7, 11) is 1.36.